The Labute approximate surface area is 94.9 Å². The third-order valence-electron chi connectivity index (χ3n) is 1.67. The van der Waals surface area contributed by atoms with Crippen LogP contribution in [0.4, 0.5) is 0 Å². The van der Waals surface area contributed by atoms with Crippen molar-refractivity contribution in [2.75, 3.05) is 0 Å². The summed E-state index contributed by atoms with van der Waals surface area (Å²) in [5, 5.41) is 8.79. The molecule has 74 valence electrons. The molecule has 0 atom stereocenters. The normalized spacial score (nSPS) is 11.0. The second-order valence-electron chi connectivity index (χ2n) is 2.62. The summed E-state index contributed by atoms with van der Waals surface area (Å²) in [6.45, 7) is 1.65. The SMILES string of the molecule is Cc1ccc(Br)c(S(=O)(=O)Cl)c1C#N. The number of hydrogen-bond donors (Lipinski definition) is 0. The first-order chi connectivity index (χ1) is 6.38. The lowest BCUT2D eigenvalue weighted by Gasteiger charge is -2.05. The maximum absolute atomic E-state index is 11.2. The number of nitriles is 1. The van der Waals surface area contributed by atoms with E-state index in [0.717, 1.165) is 0 Å². The highest BCUT2D eigenvalue weighted by atomic mass is 79.9. The molecule has 0 heterocycles. The van der Waals surface area contributed by atoms with Gasteiger partial charge in [-0.05, 0) is 34.5 Å². The van der Waals surface area contributed by atoms with Crippen LogP contribution in [0, 0.1) is 18.3 Å². The smallest absolute Gasteiger partial charge is 0.207 e. The molecule has 0 aliphatic rings. The van der Waals surface area contributed by atoms with Crippen molar-refractivity contribution in [1.82, 2.24) is 0 Å². The molecule has 3 nitrogen and oxygen atoms in total. The fourth-order valence-corrected chi connectivity index (χ4v) is 3.51. The highest BCUT2D eigenvalue weighted by molar-refractivity contribution is 9.10. The van der Waals surface area contributed by atoms with Crippen LogP contribution in [0.25, 0.3) is 0 Å². The molecule has 1 rings (SSSR count). The average molecular weight is 295 g/mol. The van der Waals surface area contributed by atoms with E-state index in [9.17, 15) is 8.42 Å². The third-order valence-corrected chi connectivity index (χ3v) is 3.97. The predicted molar refractivity (Wildman–Crippen MR) is 56.6 cm³/mol. The fraction of sp³-hybridized carbons (Fsp3) is 0.125. The van der Waals surface area contributed by atoms with Crippen LogP contribution in [0.5, 0.6) is 0 Å². The van der Waals surface area contributed by atoms with E-state index >= 15 is 0 Å². The van der Waals surface area contributed by atoms with Gasteiger partial charge in [-0.3, -0.25) is 0 Å². The predicted octanol–water partition coefficient (Wildman–Crippen LogP) is 2.56. The van der Waals surface area contributed by atoms with Gasteiger partial charge in [0.2, 0.25) is 0 Å². The number of aryl methyl sites for hydroxylation is 1. The number of nitrogens with zero attached hydrogens (tertiary/aromatic N) is 1. The molecule has 0 saturated carbocycles. The molecule has 0 amide bonds. The van der Waals surface area contributed by atoms with Gasteiger partial charge in [-0.2, -0.15) is 5.26 Å². The zero-order chi connectivity index (χ0) is 10.9. The van der Waals surface area contributed by atoms with Crippen LogP contribution in [0.15, 0.2) is 21.5 Å². The molecule has 0 aromatic heterocycles. The maximum Gasteiger partial charge on any atom is 0.263 e. The Hall–Kier alpha value is -0.570. The van der Waals surface area contributed by atoms with Crippen molar-refractivity contribution < 1.29 is 8.42 Å². The Balaban J connectivity index is 3.74. The summed E-state index contributed by atoms with van der Waals surface area (Å²) in [5.74, 6) is 0. The Bertz CT molecular complexity index is 519. The van der Waals surface area contributed by atoms with Gasteiger partial charge in [0.05, 0.1) is 5.56 Å². The van der Waals surface area contributed by atoms with E-state index in [4.69, 9.17) is 15.9 Å². The number of hydrogen-bond acceptors (Lipinski definition) is 3. The highest BCUT2D eigenvalue weighted by Gasteiger charge is 2.20. The van der Waals surface area contributed by atoms with E-state index in [2.05, 4.69) is 15.9 Å². The first-order valence-electron chi connectivity index (χ1n) is 3.52. The summed E-state index contributed by atoms with van der Waals surface area (Å²) >= 11 is 3.04. The van der Waals surface area contributed by atoms with Crippen molar-refractivity contribution in [1.29, 1.82) is 5.26 Å². The van der Waals surface area contributed by atoms with E-state index in [1.165, 1.54) is 0 Å². The number of rotatable bonds is 1. The van der Waals surface area contributed by atoms with E-state index < -0.39 is 9.05 Å². The highest BCUT2D eigenvalue weighted by Crippen LogP contribution is 2.30. The summed E-state index contributed by atoms with van der Waals surface area (Å²) in [5.41, 5.74) is 0.657. The molecule has 0 fully saturated rings. The number of benzene rings is 1. The summed E-state index contributed by atoms with van der Waals surface area (Å²) in [6.07, 6.45) is 0. The van der Waals surface area contributed by atoms with Gasteiger partial charge in [0.1, 0.15) is 11.0 Å². The standard InChI is InChI=1S/C8H5BrClNO2S/c1-5-2-3-7(9)8(6(5)4-11)14(10,12)13/h2-3H,1H3. The zero-order valence-corrected chi connectivity index (χ0v) is 10.2. The van der Waals surface area contributed by atoms with Gasteiger partial charge in [0.15, 0.2) is 0 Å². The average Bonchev–Trinajstić information content (AvgIpc) is 2.06. The van der Waals surface area contributed by atoms with Crippen LogP contribution in [0.1, 0.15) is 11.1 Å². The second-order valence-corrected chi connectivity index (χ2v) is 5.98. The molecular formula is C8H5BrClNO2S. The largest absolute Gasteiger partial charge is 0.263 e. The minimum Gasteiger partial charge on any atom is -0.207 e. The first-order valence-corrected chi connectivity index (χ1v) is 6.62. The van der Waals surface area contributed by atoms with Crippen molar-refractivity contribution in [3.8, 4) is 6.07 Å². The van der Waals surface area contributed by atoms with Crippen molar-refractivity contribution in [2.24, 2.45) is 0 Å². The summed E-state index contributed by atoms with van der Waals surface area (Å²) in [6, 6.07) is 5.01. The summed E-state index contributed by atoms with van der Waals surface area (Å²) < 4.78 is 22.6. The monoisotopic (exact) mass is 293 g/mol. The molecule has 14 heavy (non-hydrogen) atoms. The lowest BCUT2D eigenvalue weighted by Crippen LogP contribution is -1.98. The van der Waals surface area contributed by atoms with Gasteiger partial charge in [-0.25, -0.2) is 8.42 Å². The van der Waals surface area contributed by atoms with E-state index in [1.807, 2.05) is 6.07 Å². The number of halogens is 2. The van der Waals surface area contributed by atoms with Gasteiger partial charge in [0.25, 0.3) is 9.05 Å². The van der Waals surface area contributed by atoms with Crippen molar-refractivity contribution in [3.05, 3.63) is 27.7 Å². The van der Waals surface area contributed by atoms with Crippen LogP contribution in [-0.2, 0) is 9.05 Å². The lowest BCUT2D eigenvalue weighted by atomic mass is 10.1. The minimum absolute atomic E-state index is 0.0781. The third kappa shape index (κ3) is 2.08. The molecular weight excluding hydrogens is 290 g/mol. The van der Waals surface area contributed by atoms with E-state index in [0.29, 0.717) is 10.0 Å². The Morgan fingerprint density at radius 1 is 1.50 bits per heavy atom. The Morgan fingerprint density at radius 3 is 2.43 bits per heavy atom. The quantitative estimate of drug-likeness (QED) is 0.748. The lowest BCUT2D eigenvalue weighted by molar-refractivity contribution is 0.609. The maximum atomic E-state index is 11.2. The molecule has 0 radical (unpaired) electrons. The molecule has 0 aliphatic heterocycles. The van der Waals surface area contributed by atoms with E-state index in [-0.39, 0.29) is 10.5 Å². The molecule has 0 bridgehead atoms. The van der Waals surface area contributed by atoms with Crippen LogP contribution in [0.3, 0.4) is 0 Å². The van der Waals surface area contributed by atoms with Crippen LogP contribution < -0.4 is 0 Å². The topological polar surface area (TPSA) is 57.9 Å². The van der Waals surface area contributed by atoms with Crippen molar-refractivity contribution >= 4 is 35.7 Å². The molecule has 1 aromatic carbocycles. The van der Waals surface area contributed by atoms with Gasteiger partial charge in [0, 0.05) is 15.2 Å². The summed E-state index contributed by atoms with van der Waals surface area (Å²) in [7, 11) is 1.31. The van der Waals surface area contributed by atoms with Crippen LogP contribution in [-0.4, -0.2) is 8.42 Å². The van der Waals surface area contributed by atoms with Gasteiger partial charge in [-0.15, -0.1) is 0 Å². The van der Waals surface area contributed by atoms with E-state index in [1.54, 1.807) is 19.1 Å². The molecule has 1 aromatic rings. The van der Waals surface area contributed by atoms with Gasteiger partial charge < -0.3 is 0 Å². The molecule has 0 aliphatic carbocycles. The Morgan fingerprint density at radius 2 is 2.07 bits per heavy atom. The van der Waals surface area contributed by atoms with Crippen molar-refractivity contribution in [2.45, 2.75) is 11.8 Å². The second kappa shape index (κ2) is 3.89. The molecule has 0 unspecified atom stereocenters. The first kappa shape index (κ1) is 11.5. The molecule has 0 spiro atoms. The van der Waals surface area contributed by atoms with Gasteiger partial charge in [-0.1, -0.05) is 6.07 Å². The molecule has 0 N–H and O–H groups in total. The summed E-state index contributed by atoms with van der Waals surface area (Å²) in [4.78, 5) is -0.165. The van der Waals surface area contributed by atoms with Crippen molar-refractivity contribution in [3.63, 3.8) is 0 Å². The Kier molecular flexibility index (Phi) is 3.20. The van der Waals surface area contributed by atoms with Gasteiger partial charge >= 0.3 is 0 Å². The van der Waals surface area contributed by atoms with Crippen LogP contribution >= 0.6 is 26.6 Å². The van der Waals surface area contributed by atoms with Crippen LogP contribution in [0.2, 0.25) is 0 Å². The molecule has 0 saturated heterocycles. The zero-order valence-electron chi connectivity index (χ0n) is 7.08. The minimum atomic E-state index is -3.90. The fourth-order valence-electron chi connectivity index (χ4n) is 1.03. The molecule has 6 heteroatoms.